The number of fused-ring (bicyclic) bond motifs is 1. The normalized spacial score (nSPS) is 10.9. The molecule has 3 rings (SSSR count). The van der Waals surface area contributed by atoms with E-state index in [4.69, 9.17) is 9.68 Å². The van der Waals surface area contributed by atoms with Crippen molar-refractivity contribution in [1.82, 2.24) is 0 Å². The van der Waals surface area contributed by atoms with Crippen LogP contribution in [0.25, 0.3) is 17.0 Å². The molecular formula is C23H20N2O3. The third kappa shape index (κ3) is 4.02. The number of ketones is 1. The molecule has 5 heteroatoms. The fourth-order valence-corrected chi connectivity index (χ4v) is 3.03. The molecule has 0 aliphatic rings. The molecule has 0 N–H and O–H groups in total. The third-order valence-electron chi connectivity index (χ3n) is 4.56. The number of rotatable bonds is 6. The highest BCUT2D eigenvalue weighted by atomic mass is 16.4. The molecule has 0 unspecified atom stereocenters. The number of anilines is 1. The van der Waals surface area contributed by atoms with E-state index in [1.54, 1.807) is 36.4 Å². The molecule has 0 radical (unpaired) electrons. The Morgan fingerprint density at radius 2 is 1.93 bits per heavy atom. The van der Waals surface area contributed by atoms with E-state index < -0.39 is 11.4 Å². The first-order valence-corrected chi connectivity index (χ1v) is 9.11. The second-order valence-electron chi connectivity index (χ2n) is 6.28. The molecule has 0 fully saturated rings. The lowest BCUT2D eigenvalue weighted by Gasteiger charge is -2.20. The number of benzene rings is 2. The summed E-state index contributed by atoms with van der Waals surface area (Å²) in [6.45, 7) is 5.82. The monoisotopic (exact) mass is 372 g/mol. The van der Waals surface area contributed by atoms with Crippen LogP contribution in [0.15, 0.2) is 63.8 Å². The van der Waals surface area contributed by atoms with Gasteiger partial charge in [0.25, 0.3) is 0 Å². The van der Waals surface area contributed by atoms with Crippen LogP contribution in [0, 0.1) is 11.3 Å². The zero-order chi connectivity index (χ0) is 20.1. The number of carbonyl (C=O) groups excluding carboxylic acids is 1. The van der Waals surface area contributed by atoms with Crippen LogP contribution in [0.5, 0.6) is 0 Å². The van der Waals surface area contributed by atoms with Crippen LogP contribution in [0.4, 0.5) is 5.69 Å². The molecule has 1 aromatic heterocycles. The van der Waals surface area contributed by atoms with E-state index in [2.05, 4.69) is 18.7 Å². The van der Waals surface area contributed by atoms with Gasteiger partial charge in [-0.05, 0) is 55.8 Å². The maximum absolute atomic E-state index is 12.5. The molecule has 140 valence electrons. The van der Waals surface area contributed by atoms with Crippen LogP contribution in [0.1, 0.15) is 35.3 Å². The number of allylic oxidation sites excluding steroid dienone is 1. The molecule has 0 bridgehead atoms. The van der Waals surface area contributed by atoms with Gasteiger partial charge in [-0.15, -0.1) is 0 Å². The fraction of sp³-hybridized carbons (Fsp3) is 0.174. The average molecular weight is 372 g/mol. The second-order valence-corrected chi connectivity index (χ2v) is 6.28. The maximum atomic E-state index is 12.5. The van der Waals surface area contributed by atoms with E-state index in [0.717, 1.165) is 18.8 Å². The summed E-state index contributed by atoms with van der Waals surface area (Å²) in [7, 11) is 0. The van der Waals surface area contributed by atoms with E-state index in [1.807, 2.05) is 24.3 Å². The Labute approximate surface area is 163 Å². The Balaban J connectivity index is 1.92. The SMILES string of the molecule is CCN(CC)c1ccc2cc(C(=O)C=Cc3cccc(C#N)c3)c(=O)oc2c1. The van der Waals surface area contributed by atoms with Crippen LogP contribution in [-0.2, 0) is 0 Å². The first-order chi connectivity index (χ1) is 13.5. The zero-order valence-corrected chi connectivity index (χ0v) is 15.8. The van der Waals surface area contributed by atoms with Gasteiger partial charge in [-0.1, -0.05) is 18.2 Å². The average Bonchev–Trinajstić information content (AvgIpc) is 2.72. The topological polar surface area (TPSA) is 74.3 Å². The number of nitrogens with zero attached hydrogens (tertiary/aromatic N) is 2. The van der Waals surface area contributed by atoms with Gasteiger partial charge in [0, 0.05) is 30.2 Å². The Morgan fingerprint density at radius 3 is 2.64 bits per heavy atom. The fourth-order valence-electron chi connectivity index (χ4n) is 3.03. The van der Waals surface area contributed by atoms with E-state index in [-0.39, 0.29) is 5.56 Å². The minimum absolute atomic E-state index is 0.0178. The Bertz CT molecular complexity index is 1150. The molecule has 0 aliphatic carbocycles. The Morgan fingerprint density at radius 1 is 1.14 bits per heavy atom. The van der Waals surface area contributed by atoms with Gasteiger partial charge in [0.15, 0.2) is 5.78 Å². The molecule has 28 heavy (non-hydrogen) atoms. The van der Waals surface area contributed by atoms with Gasteiger partial charge in [0.1, 0.15) is 11.1 Å². The quantitative estimate of drug-likeness (QED) is 0.364. The largest absolute Gasteiger partial charge is 0.422 e. The number of nitriles is 1. The second kappa shape index (κ2) is 8.36. The molecule has 0 spiro atoms. The molecule has 2 aromatic carbocycles. The van der Waals surface area contributed by atoms with Gasteiger partial charge in [-0.2, -0.15) is 5.26 Å². The molecule has 0 saturated carbocycles. The van der Waals surface area contributed by atoms with Crippen LogP contribution in [0.3, 0.4) is 0 Å². The summed E-state index contributed by atoms with van der Waals surface area (Å²) in [6.07, 6.45) is 2.90. The highest BCUT2D eigenvalue weighted by Gasteiger charge is 2.12. The van der Waals surface area contributed by atoms with Crippen LogP contribution in [0.2, 0.25) is 0 Å². The lowest BCUT2D eigenvalue weighted by Crippen LogP contribution is -2.21. The molecular weight excluding hydrogens is 352 g/mol. The number of hydrogen-bond donors (Lipinski definition) is 0. The molecule has 1 heterocycles. The van der Waals surface area contributed by atoms with E-state index >= 15 is 0 Å². The summed E-state index contributed by atoms with van der Waals surface area (Å²) >= 11 is 0. The van der Waals surface area contributed by atoms with E-state index in [0.29, 0.717) is 22.1 Å². The lowest BCUT2D eigenvalue weighted by atomic mass is 10.1. The first kappa shape index (κ1) is 19.1. The van der Waals surface area contributed by atoms with Gasteiger partial charge >= 0.3 is 5.63 Å². The van der Waals surface area contributed by atoms with Crippen molar-refractivity contribution >= 4 is 28.5 Å². The highest BCUT2D eigenvalue weighted by molar-refractivity contribution is 6.07. The number of carbonyl (C=O) groups is 1. The summed E-state index contributed by atoms with van der Waals surface area (Å²) < 4.78 is 5.40. The van der Waals surface area contributed by atoms with Crippen LogP contribution >= 0.6 is 0 Å². The van der Waals surface area contributed by atoms with Gasteiger partial charge in [-0.3, -0.25) is 4.79 Å². The summed E-state index contributed by atoms with van der Waals surface area (Å²) in [5.74, 6) is -0.439. The molecule has 5 nitrogen and oxygen atoms in total. The van der Waals surface area contributed by atoms with Crippen molar-refractivity contribution in [2.75, 3.05) is 18.0 Å². The first-order valence-electron chi connectivity index (χ1n) is 9.11. The minimum atomic E-state index is -0.662. The summed E-state index contributed by atoms with van der Waals surface area (Å²) in [5, 5.41) is 9.64. The molecule has 0 atom stereocenters. The predicted molar refractivity (Wildman–Crippen MR) is 111 cm³/mol. The van der Waals surface area contributed by atoms with Crippen molar-refractivity contribution in [2.24, 2.45) is 0 Å². The van der Waals surface area contributed by atoms with Crippen molar-refractivity contribution < 1.29 is 9.21 Å². The van der Waals surface area contributed by atoms with E-state index in [9.17, 15) is 9.59 Å². The van der Waals surface area contributed by atoms with Crippen molar-refractivity contribution in [3.8, 4) is 6.07 Å². The third-order valence-corrected chi connectivity index (χ3v) is 4.56. The van der Waals surface area contributed by atoms with Crippen LogP contribution < -0.4 is 10.5 Å². The Kier molecular flexibility index (Phi) is 5.71. The van der Waals surface area contributed by atoms with Gasteiger partial charge in [0.05, 0.1) is 11.6 Å². The highest BCUT2D eigenvalue weighted by Crippen LogP contribution is 2.22. The Hall–Kier alpha value is -3.65. The molecule has 3 aromatic rings. The van der Waals surface area contributed by atoms with Crippen molar-refractivity contribution in [1.29, 1.82) is 5.26 Å². The zero-order valence-electron chi connectivity index (χ0n) is 15.8. The van der Waals surface area contributed by atoms with Crippen molar-refractivity contribution in [2.45, 2.75) is 13.8 Å². The summed E-state index contributed by atoms with van der Waals surface area (Å²) in [4.78, 5) is 27.0. The predicted octanol–water partition coefficient (Wildman–Crippen LogP) is 4.41. The molecule has 0 saturated heterocycles. The van der Waals surface area contributed by atoms with Crippen molar-refractivity contribution in [3.63, 3.8) is 0 Å². The lowest BCUT2D eigenvalue weighted by molar-refractivity contribution is 0.104. The van der Waals surface area contributed by atoms with Gasteiger partial charge in [-0.25, -0.2) is 4.79 Å². The van der Waals surface area contributed by atoms with Gasteiger partial charge < -0.3 is 9.32 Å². The molecule has 0 aliphatic heterocycles. The maximum Gasteiger partial charge on any atom is 0.347 e. The van der Waals surface area contributed by atoms with E-state index in [1.165, 1.54) is 6.08 Å². The molecule has 0 amide bonds. The van der Waals surface area contributed by atoms with Crippen LogP contribution in [-0.4, -0.2) is 18.9 Å². The minimum Gasteiger partial charge on any atom is -0.422 e. The number of hydrogen-bond acceptors (Lipinski definition) is 5. The van der Waals surface area contributed by atoms with Gasteiger partial charge in [0.2, 0.25) is 0 Å². The van der Waals surface area contributed by atoms with Crippen molar-refractivity contribution in [3.05, 3.63) is 81.7 Å². The summed E-state index contributed by atoms with van der Waals surface area (Å²) in [5.41, 5.74) is 1.96. The smallest absolute Gasteiger partial charge is 0.347 e. The summed E-state index contributed by atoms with van der Waals surface area (Å²) in [6, 6.07) is 16.1. The standard InChI is InChI=1S/C23H20N2O3/c1-3-25(4-2)19-10-9-18-13-20(23(27)28-22(18)14-19)21(26)11-8-16-6-5-7-17(12-16)15-24/h5-14H,3-4H2,1-2H3.